The number of ether oxygens (including phenoxy) is 1. The van der Waals surface area contributed by atoms with Crippen molar-refractivity contribution in [2.75, 3.05) is 25.0 Å². The van der Waals surface area contributed by atoms with Crippen LogP contribution in [-0.4, -0.2) is 38.3 Å². The van der Waals surface area contributed by atoms with Gasteiger partial charge < -0.3 is 10.1 Å². The van der Waals surface area contributed by atoms with Gasteiger partial charge in [0.2, 0.25) is 15.9 Å². The zero-order chi connectivity index (χ0) is 24.0. The Morgan fingerprint density at radius 2 is 1.65 bits per heavy atom. The number of nitrogens with one attached hydrogen (secondary N) is 1. The summed E-state index contributed by atoms with van der Waals surface area (Å²) in [5.41, 5.74) is 1.28. The number of carbonyl (C=O) groups excluding carboxylic acids is 1. The normalized spacial score (nSPS) is 15.1. The van der Waals surface area contributed by atoms with E-state index in [1.54, 1.807) is 12.1 Å². The first-order valence-corrected chi connectivity index (χ1v) is 13.7. The lowest BCUT2D eigenvalue weighted by molar-refractivity contribution is -0.115. The predicted molar refractivity (Wildman–Crippen MR) is 136 cm³/mol. The highest BCUT2D eigenvalue weighted by Crippen LogP contribution is 2.37. The molecule has 8 heteroatoms. The van der Waals surface area contributed by atoms with E-state index >= 15 is 0 Å². The summed E-state index contributed by atoms with van der Waals surface area (Å²) in [6.07, 6.45) is 1.68. The number of hydrogen-bond donors (Lipinski definition) is 1. The van der Waals surface area contributed by atoms with Gasteiger partial charge in [-0.05, 0) is 55.7 Å². The number of nitrogens with zero attached hydrogens (tertiary/aromatic N) is 1. The van der Waals surface area contributed by atoms with Crippen LogP contribution in [0.5, 0.6) is 5.75 Å². The van der Waals surface area contributed by atoms with Crippen molar-refractivity contribution < 1.29 is 17.9 Å². The minimum Gasteiger partial charge on any atom is -0.492 e. The third-order valence-corrected chi connectivity index (χ3v) is 8.72. The molecular weight excluding hydrogens is 468 g/mol. The molecule has 1 N–H and O–H groups in total. The highest BCUT2D eigenvalue weighted by Gasteiger charge is 2.31. The van der Waals surface area contributed by atoms with Crippen molar-refractivity contribution >= 4 is 33.4 Å². The van der Waals surface area contributed by atoms with Gasteiger partial charge >= 0.3 is 0 Å². The second-order valence-corrected chi connectivity index (χ2v) is 11.0. The highest BCUT2D eigenvalue weighted by molar-refractivity contribution is 8.00. The van der Waals surface area contributed by atoms with Crippen LogP contribution in [0.15, 0.2) is 88.7 Å². The van der Waals surface area contributed by atoms with E-state index < -0.39 is 15.3 Å². The first-order valence-electron chi connectivity index (χ1n) is 11.3. The summed E-state index contributed by atoms with van der Waals surface area (Å²) in [6.45, 7) is 3.15. The second-order valence-electron chi connectivity index (χ2n) is 7.92. The number of hydrogen-bond acceptors (Lipinski definition) is 5. The number of sulfonamides is 1. The lowest BCUT2D eigenvalue weighted by Crippen LogP contribution is -2.28. The molecule has 1 amide bonds. The first kappa shape index (κ1) is 24.3. The van der Waals surface area contributed by atoms with E-state index in [1.165, 1.54) is 22.1 Å². The Bertz CT molecular complexity index is 1210. The summed E-state index contributed by atoms with van der Waals surface area (Å²) < 4.78 is 33.7. The number of amides is 1. The van der Waals surface area contributed by atoms with Gasteiger partial charge in [-0.2, -0.15) is 4.31 Å². The smallest absolute Gasteiger partial charge is 0.246 e. The van der Waals surface area contributed by atoms with Gasteiger partial charge in [-0.3, -0.25) is 4.79 Å². The average molecular weight is 497 g/mol. The minimum absolute atomic E-state index is 0.0843. The van der Waals surface area contributed by atoms with E-state index in [2.05, 4.69) is 5.32 Å². The molecule has 0 saturated carbocycles. The highest BCUT2D eigenvalue weighted by atomic mass is 32.2. The van der Waals surface area contributed by atoms with Gasteiger partial charge in [-0.25, -0.2) is 8.42 Å². The summed E-state index contributed by atoms with van der Waals surface area (Å²) in [5, 5.41) is 2.43. The molecule has 6 nitrogen and oxygen atoms in total. The van der Waals surface area contributed by atoms with E-state index in [1.807, 2.05) is 67.6 Å². The molecule has 1 heterocycles. The minimum atomic E-state index is -3.72. The van der Waals surface area contributed by atoms with E-state index in [9.17, 15) is 13.2 Å². The number of thioether (sulfide) groups is 1. The van der Waals surface area contributed by atoms with Crippen LogP contribution in [0.4, 0.5) is 5.69 Å². The standard InChI is InChI=1S/C26H28N2O4S2/c1-2-32-23-16-15-21(19-24(23)34(30,31)28-17-9-10-18-28)27-26(29)25(20-11-5-3-6-12-20)33-22-13-7-4-8-14-22/h3-8,11-16,19,25H,2,9-10,17-18H2,1H3,(H,27,29)/t25-/m1/s1. The zero-order valence-electron chi connectivity index (χ0n) is 19.0. The SMILES string of the molecule is CCOc1ccc(NC(=O)[C@H](Sc2ccccc2)c2ccccc2)cc1S(=O)(=O)N1CCCC1. The van der Waals surface area contributed by atoms with Crippen molar-refractivity contribution in [3.8, 4) is 5.75 Å². The summed E-state index contributed by atoms with van der Waals surface area (Å²) in [6, 6.07) is 24.1. The Morgan fingerprint density at radius 1 is 1.00 bits per heavy atom. The fraction of sp³-hybridized carbons (Fsp3) is 0.269. The van der Waals surface area contributed by atoms with Gasteiger partial charge in [0, 0.05) is 23.7 Å². The number of rotatable bonds is 9. The molecule has 1 aliphatic rings. The Hall–Kier alpha value is -2.81. The maximum Gasteiger partial charge on any atom is 0.246 e. The molecule has 178 valence electrons. The van der Waals surface area contributed by atoms with Crippen molar-refractivity contribution in [2.24, 2.45) is 0 Å². The van der Waals surface area contributed by atoms with Crippen LogP contribution in [0, 0.1) is 0 Å². The third-order valence-electron chi connectivity index (χ3n) is 5.53. The molecule has 1 saturated heterocycles. The van der Waals surface area contributed by atoms with Crippen LogP contribution in [0.3, 0.4) is 0 Å². The van der Waals surface area contributed by atoms with Crippen molar-refractivity contribution in [1.29, 1.82) is 0 Å². The second kappa shape index (κ2) is 11.1. The summed E-state index contributed by atoms with van der Waals surface area (Å²) in [7, 11) is -3.72. The molecule has 1 fully saturated rings. The van der Waals surface area contributed by atoms with E-state index in [4.69, 9.17) is 4.74 Å². The maximum atomic E-state index is 13.4. The van der Waals surface area contributed by atoms with Crippen LogP contribution in [-0.2, 0) is 14.8 Å². The molecule has 3 aromatic rings. The summed E-state index contributed by atoms with van der Waals surface area (Å²) >= 11 is 1.45. The van der Waals surface area contributed by atoms with Crippen LogP contribution < -0.4 is 10.1 Å². The molecule has 0 radical (unpaired) electrons. The number of anilines is 1. The molecule has 1 atom stereocenters. The number of benzene rings is 3. The monoisotopic (exact) mass is 496 g/mol. The van der Waals surface area contributed by atoms with Gasteiger partial charge in [-0.1, -0.05) is 48.5 Å². The summed E-state index contributed by atoms with van der Waals surface area (Å²) in [4.78, 5) is 14.5. The molecule has 0 spiro atoms. The Labute approximate surface area is 205 Å². The number of carbonyl (C=O) groups is 1. The van der Waals surface area contributed by atoms with Gasteiger partial charge in [-0.15, -0.1) is 11.8 Å². The fourth-order valence-electron chi connectivity index (χ4n) is 3.87. The first-order chi connectivity index (χ1) is 16.5. The fourth-order valence-corrected chi connectivity index (χ4v) is 6.59. The Kier molecular flexibility index (Phi) is 7.92. The average Bonchev–Trinajstić information content (AvgIpc) is 3.41. The molecule has 0 aromatic heterocycles. The third kappa shape index (κ3) is 5.63. The Balaban J connectivity index is 1.63. The lowest BCUT2D eigenvalue weighted by Gasteiger charge is -2.20. The van der Waals surface area contributed by atoms with Crippen molar-refractivity contribution in [3.05, 3.63) is 84.4 Å². The van der Waals surface area contributed by atoms with Crippen molar-refractivity contribution in [3.63, 3.8) is 0 Å². The molecule has 4 rings (SSSR count). The molecule has 0 bridgehead atoms. The maximum absolute atomic E-state index is 13.4. The quantitative estimate of drug-likeness (QED) is 0.405. The van der Waals surface area contributed by atoms with E-state index in [0.717, 1.165) is 23.3 Å². The largest absolute Gasteiger partial charge is 0.492 e. The van der Waals surface area contributed by atoms with Crippen molar-refractivity contribution in [2.45, 2.75) is 34.8 Å². The molecular formula is C26H28N2O4S2. The lowest BCUT2D eigenvalue weighted by atomic mass is 10.1. The van der Waals surface area contributed by atoms with E-state index in [0.29, 0.717) is 31.1 Å². The topological polar surface area (TPSA) is 75.7 Å². The van der Waals surface area contributed by atoms with Gasteiger partial charge in [0.25, 0.3) is 0 Å². The summed E-state index contributed by atoms with van der Waals surface area (Å²) in [5.74, 6) is 0.0689. The Morgan fingerprint density at radius 3 is 2.29 bits per heavy atom. The van der Waals surface area contributed by atoms with Gasteiger partial charge in [0.1, 0.15) is 15.9 Å². The zero-order valence-corrected chi connectivity index (χ0v) is 20.6. The van der Waals surface area contributed by atoms with Gasteiger partial charge in [0.15, 0.2) is 0 Å². The molecule has 0 aliphatic carbocycles. The molecule has 34 heavy (non-hydrogen) atoms. The molecule has 3 aromatic carbocycles. The van der Waals surface area contributed by atoms with Crippen molar-refractivity contribution in [1.82, 2.24) is 4.31 Å². The van der Waals surface area contributed by atoms with Gasteiger partial charge in [0.05, 0.1) is 6.61 Å². The van der Waals surface area contributed by atoms with Crippen LogP contribution >= 0.6 is 11.8 Å². The van der Waals surface area contributed by atoms with Crippen LogP contribution in [0.2, 0.25) is 0 Å². The van der Waals surface area contributed by atoms with Crippen LogP contribution in [0.1, 0.15) is 30.6 Å². The van der Waals surface area contributed by atoms with E-state index in [-0.39, 0.29) is 10.8 Å². The molecule has 1 aliphatic heterocycles. The van der Waals surface area contributed by atoms with Crippen LogP contribution in [0.25, 0.3) is 0 Å². The predicted octanol–water partition coefficient (Wildman–Crippen LogP) is 5.34. The molecule has 0 unspecified atom stereocenters.